The minimum absolute atomic E-state index is 0.840. The molecule has 0 unspecified atom stereocenters. The lowest BCUT2D eigenvalue weighted by molar-refractivity contribution is 0.420. The summed E-state index contributed by atoms with van der Waals surface area (Å²) in [6.07, 6.45) is 3.61. The van der Waals surface area contributed by atoms with Gasteiger partial charge in [0.15, 0.2) is 5.13 Å². The molecule has 1 aromatic carbocycles. The number of pyridine rings is 1. The summed E-state index contributed by atoms with van der Waals surface area (Å²) in [4.78, 5) is 8.70. The summed E-state index contributed by atoms with van der Waals surface area (Å²) in [5, 5.41) is 4.11. The lowest BCUT2D eigenvalue weighted by Crippen LogP contribution is -1.90. The molecule has 0 saturated carbocycles. The smallest absolute Gasteiger partial charge is 0.188 e. The van der Waals surface area contributed by atoms with Gasteiger partial charge in [-0.1, -0.05) is 17.4 Å². The molecule has 0 amide bonds. The lowest BCUT2D eigenvalue weighted by atomic mass is 10.3. The number of ether oxygens (including phenoxy) is 1. The Morgan fingerprint density at radius 3 is 2.95 bits per heavy atom. The number of thiazole rings is 1. The maximum atomic E-state index is 5.34. The zero-order valence-electron chi connectivity index (χ0n) is 10.7. The molecule has 2 aromatic heterocycles. The average Bonchev–Trinajstić information content (AvgIpc) is 2.80. The summed E-state index contributed by atoms with van der Waals surface area (Å²) in [6.45, 7) is 2.01. The van der Waals surface area contributed by atoms with Gasteiger partial charge in [0.1, 0.15) is 5.75 Å². The third-order valence-electron chi connectivity index (χ3n) is 2.73. The molecule has 0 atom stereocenters. The molecule has 3 rings (SSSR count). The van der Waals surface area contributed by atoms with Crippen LogP contribution in [-0.2, 0) is 0 Å². The van der Waals surface area contributed by atoms with Gasteiger partial charge in [-0.05, 0) is 30.7 Å². The minimum atomic E-state index is 0.840. The second-order valence-corrected chi connectivity index (χ2v) is 5.20. The molecule has 2 heterocycles. The van der Waals surface area contributed by atoms with Crippen LogP contribution in [0.3, 0.4) is 0 Å². The molecule has 0 aliphatic carbocycles. The fraction of sp³-hybridized carbons (Fsp3) is 0.143. The number of aryl methyl sites for hydroxylation is 1. The molecule has 4 nitrogen and oxygen atoms in total. The van der Waals surface area contributed by atoms with E-state index < -0.39 is 0 Å². The zero-order chi connectivity index (χ0) is 13.2. The van der Waals surface area contributed by atoms with E-state index in [4.69, 9.17) is 4.74 Å². The lowest BCUT2D eigenvalue weighted by Gasteiger charge is -2.01. The van der Waals surface area contributed by atoms with E-state index in [2.05, 4.69) is 15.3 Å². The van der Waals surface area contributed by atoms with Crippen LogP contribution < -0.4 is 10.1 Å². The van der Waals surface area contributed by atoms with Gasteiger partial charge in [0.05, 0.1) is 29.2 Å². The monoisotopic (exact) mass is 271 g/mol. The molecule has 96 valence electrons. The molecule has 0 aliphatic heterocycles. The molecule has 1 N–H and O–H groups in total. The number of benzene rings is 1. The number of anilines is 2. The Morgan fingerprint density at radius 2 is 2.16 bits per heavy atom. The standard InChI is InChI=1S/C14H13N3OS/c1-9-6-10(8-15-7-9)16-14-17-11-4-3-5-12(18-2)13(11)19-14/h3-8H,1-2H3,(H,16,17). The average molecular weight is 271 g/mol. The molecule has 5 heteroatoms. The molecule has 0 saturated heterocycles. The molecular formula is C14H13N3OS. The van der Waals surface area contributed by atoms with Gasteiger partial charge in [-0.25, -0.2) is 4.98 Å². The topological polar surface area (TPSA) is 47.0 Å². The first-order valence-electron chi connectivity index (χ1n) is 5.88. The van der Waals surface area contributed by atoms with Crippen LogP contribution in [0.5, 0.6) is 5.75 Å². The molecule has 0 bridgehead atoms. The third-order valence-corrected chi connectivity index (χ3v) is 3.73. The molecule has 3 aromatic rings. The highest BCUT2D eigenvalue weighted by Crippen LogP contribution is 2.34. The molecule has 0 aliphatic rings. The summed E-state index contributed by atoms with van der Waals surface area (Å²) < 4.78 is 6.39. The number of rotatable bonds is 3. The van der Waals surface area contributed by atoms with E-state index in [9.17, 15) is 0 Å². The van der Waals surface area contributed by atoms with Gasteiger partial charge in [0.25, 0.3) is 0 Å². The van der Waals surface area contributed by atoms with E-state index in [0.29, 0.717) is 0 Å². The predicted molar refractivity (Wildman–Crippen MR) is 78.4 cm³/mol. The van der Waals surface area contributed by atoms with Crippen LogP contribution in [0.1, 0.15) is 5.56 Å². The van der Waals surface area contributed by atoms with Gasteiger partial charge < -0.3 is 10.1 Å². The fourth-order valence-electron chi connectivity index (χ4n) is 1.88. The first-order chi connectivity index (χ1) is 9.26. The van der Waals surface area contributed by atoms with E-state index >= 15 is 0 Å². The number of nitrogens with one attached hydrogen (secondary N) is 1. The quantitative estimate of drug-likeness (QED) is 0.788. The number of hydrogen-bond donors (Lipinski definition) is 1. The van der Waals surface area contributed by atoms with Crippen molar-refractivity contribution in [3.8, 4) is 5.75 Å². The van der Waals surface area contributed by atoms with Gasteiger partial charge in [0, 0.05) is 6.20 Å². The molecule has 0 radical (unpaired) electrons. The molecular weight excluding hydrogens is 258 g/mol. The van der Waals surface area contributed by atoms with Crippen molar-refractivity contribution in [3.63, 3.8) is 0 Å². The van der Waals surface area contributed by atoms with Crippen molar-refractivity contribution in [1.29, 1.82) is 0 Å². The highest BCUT2D eigenvalue weighted by atomic mass is 32.1. The Balaban J connectivity index is 1.98. The number of methoxy groups -OCH3 is 1. The van der Waals surface area contributed by atoms with Crippen LogP contribution >= 0.6 is 11.3 Å². The Bertz CT molecular complexity index is 724. The van der Waals surface area contributed by atoms with Crippen LogP contribution in [0.4, 0.5) is 10.8 Å². The van der Waals surface area contributed by atoms with Gasteiger partial charge in [-0.3, -0.25) is 4.98 Å². The van der Waals surface area contributed by atoms with Crippen molar-refractivity contribution in [1.82, 2.24) is 9.97 Å². The Hall–Kier alpha value is -2.14. The van der Waals surface area contributed by atoms with Crippen molar-refractivity contribution >= 4 is 32.4 Å². The van der Waals surface area contributed by atoms with Gasteiger partial charge in [0.2, 0.25) is 0 Å². The maximum absolute atomic E-state index is 5.34. The molecule has 0 fully saturated rings. The van der Waals surface area contributed by atoms with Crippen LogP contribution in [0.2, 0.25) is 0 Å². The molecule has 0 spiro atoms. The summed E-state index contributed by atoms with van der Waals surface area (Å²) in [5.41, 5.74) is 2.99. The highest BCUT2D eigenvalue weighted by Gasteiger charge is 2.08. The van der Waals surface area contributed by atoms with E-state index in [-0.39, 0.29) is 0 Å². The van der Waals surface area contributed by atoms with Crippen LogP contribution in [0.15, 0.2) is 36.7 Å². The largest absolute Gasteiger partial charge is 0.495 e. The summed E-state index contributed by atoms with van der Waals surface area (Å²) >= 11 is 1.57. The van der Waals surface area contributed by atoms with E-state index in [1.54, 1.807) is 24.6 Å². The Labute approximate surface area is 115 Å². The van der Waals surface area contributed by atoms with Crippen LogP contribution in [0, 0.1) is 6.92 Å². The van der Waals surface area contributed by atoms with Gasteiger partial charge in [-0.2, -0.15) is 0 Å². The predicted octanol–water partition coefficient (Wildman–Crippen LogP) is 3.75. The number of nitrogens with zero attached hydrogens (tertiary/aromatic N) is 2. The fourth-order valence-corrected chi connectivity index (χ4v) is 2.86. The summed E-state index contributed by atoms with van der Waals surface area (Å²) in [7, 11) is 1.67. The van der Waals surface area contributed by atoms with E-state index in [0.717, 1.165) is 32.3 Å². The zero-order valence-corrected chi connectivity index (χ0v) is 11.5. The first-order valence-corrected chi connectivity index (χ1v) is 6.70. The SMILES string of the molecule is COc1cccc2nc(Nc3cncc(C)c3)sc12. The maximum Gasteiger partial charge on any atom is 0.188 e. The van der Waals surface area contributed by atoms with Crippen molar-refractivity contribution in [2.75, 3.05) is 12.4 Å². The summed E-state index contributed by atoms with van der Waals surface area (Å²) in [6, 6.07) is 7.90. The van der Waals surface area contributed by atoms with Crippen LogP contribution in [0.25, 0.3) is 10.2 Å². The van der Waals surface area contributed by atoms with Crippen molar-refractivity contribution in [2.24, 2.45) is 0 Å². The van der Waals surface area contributed by atoms with Crippen LogP contribution in [-0.4, -0.2) is 17.1 Å². The number of aromatic nitrogens is 2. The van der Waals surface area contributed by atoms with Crippen molar-refractivity contribution in [2.45, 2.75) is 6.92 Å². The van der Waals surface area contributed by atoms with Crippen molar-refractivity contribution < 1.29 is 4.74 Å². The third kappa shape index (κ3) is 2.37. The van der Waals surface area contributed by atoms with E-state index in [1.165, 1.54) is 0 Å². The number of hydrogen-bond acceptors (Lipinski definition) is 5. The second-order valence-electron chi connectivity index (χ2n) is 4.20. The Morgan fingerprint density at radius 1 is 1.26 bits per heavy atom. The normalized spacial score (nSPS) is 10.6. The first kappa shape index (κ1) is 11.9. The highest BCUT2D eigenvalue weighted by molar-refractivity contribution is 7.22. The van der Waals surface area contributed by atoms with Gasteiger partial charge >= 0.3 is 0 Å². The second kappa shape index (κ2) is 4.85. The van der Waals surface area contributed by atoms with Gasteiger partial charge in [-0.15, -0.1) is 0 Å². The van der Waals surface area contributed by atoms with E-state index in [1.807, 2.05) is 37.4 Å². The number of fused-ring (bicyclic) bond motifs is 1. The minimum Gasteiger partial charge on any atom is -0.495 e. The Kier molecular flexibility index (Phi) is 3.05. The van der Waals surface area contributed by atoms with Crippen molar-refractivity contribution in [3.05, 3.63) is 42.2 Å². The molecule has 19 heavy (non-hydrogen) atoms. The summed E-state index contributed by atoms with van der Waals surface area (Å²) in [5.74, 6) is 0.852.